The number of benzene rings is 1. The Morgan fingerprint density at radius 3 is 2.79 bits per heavy atom. The van der Waals surface area contributed by atoms with Crippen LogP contribution in [0.4, 0.5) is 20.2 Å². The van der Waals surface area contributed by atoms with Gasteiger partial charge < -0.3 is 11.1 Å². The summed E-state index contributed by atoms with van der Waals surface area (Å²) in [5.41, 5.74) is 4.78. The molecule has 104 valence electrons. The topological polar surface area (TPSA) is 81.2 Å². The van der Waals surface area contributed by atoms with E-state index in [1.807, 2.05) is 0 Å². The first-order chi connectivity index (χ1) is 9.02. The second-order valence-corrected chi connectivity index (χ2v) is 4.72. The molecule has 2 unspecified atom stereocenters. The van der Waals surface area contributed by atoms with E-state index in [-0.39, 0.29) is 17.6 Å². The fourth-order valence-corrected chi connectivity index (χ4v) is 2.57. The van der Waals surface area contributed by atoms with Crippen molar-refractivity contribution in [2.24, 2.45) is 11.7 Å². The van der Waals surface area contributed by atoms with Crippen LogP contribution in [-0.4, -0.2) is 17.5 Å². The molecule has 1 aromatic rings. The first kappa shape index (κ1) is 13.7. The van der Waals surface area contributed by atoms with E-state index in [0.29, 0.717) is 12.6 Å². The second-order valence-electron chi connectivity index (χ2n) is 4.72. The minimum atomic E-state index is -1.17. The molecule has 0 amide bonds. The number of halogens is 2. The van der Waals surface area contributed by atoms with E-state index in [4.69, 9.17) is 5.73 Å². The van der Waals surface area contributed by atoms with Gasteiger partial charge in [-0.25, -0.2) is 4.39 Å². The number of hydrogen-bond acceptors (Lipinski definition) is 4. The summed E-state index contributed by atoms with van der Waals surface area (Å²) in [4.78, 5) is 10.0. The lowest BCUT2D eigenvalue weighted by Crippen LogP contribution is -2.29. The molecule has 0 spiro atoms. The molecule has 0 heterocycles. The van der Waals surface area contributed by atoms with Crippen molar-refractivity contribution in [3.05, 3.63) is 33.9 Å². The highest BCUT2D eigenvalue weighted by Gasteiger charge is 2.29. The second kappa shape index (κ2) is 5.48. The van der Waals surface area contributed by atoms with Crippen molar-refractivity contribution in [1.29, 1.82) is 0 Å². The van der Waals surface area contributed by atoms with Gasteiger partial charge in [0, 0.05) is 18.2 Å². The smallest absolute Gasteiger partial charge is 0.327 e. The third-order valence-electron chi connectivity index (χ3n) is 3.51. The van der Waals surface area contributed by atoms with Gasteiger partial charge in [-0.05, 0) is 25.3 Å². The number of hydrogen-bond donors (Lipinski definition) is 2. The number of rotatable bonds is 4. The van der Waals surface area contributed by atoms with Crippen LogP contribution in [0.2, 0.25) is 0 Å². The Morgan fingerprint density at radius 2 is 2.16 bits per heavy atom. The van der Waals surface area contributed by atoms with Crippen molar-refractivity contribution < 1.29 is 13.7 Å². The Hall–Kier alpha value is -1.76. The monoisotopic (exact) mass is 271 g/mol. The van der Waals surface area contributed by atoms with Gasteiger partial charge in [0.2, 0.25) is 5.82 Å². The fourth-order valence-electron chi connectivity index (χ4n) is 2.57. The lowest BCUT2D eigenvalue weighted by Gasteiger charge is -2.20. The average molecular weight is 271 g/mol. The van der Waals surface area contributed by atoms with E-state index in [0.717, 1.165) is 25.3 Å². The number of nitrogens with zero attached hydrogens (tertiary/aromatic N) is 1. The van der Waals surface area contributed by atoms with E-state index < -0.39 is 22.2 Å². The van der Waals surface area contributed by atoms with E-state index >= 15 is 0 Å². The SMILES string of the molecule is NCC1CCCC1Nc1cc(F)cc(F)c1[N+](=O)[O-]. The number of nitrogens with one attached hydrogen (secondary N) is 1. The minimum Gasteiger partial charge on any atom is -0.376 e. The van der Waals surface area contributed by atoms with Crippen LogP contribution in [-0.2, 0) is 0 Å². The minimum absolute atomic E-state index is 0.0788. The molecule has 1 aliphatic carbocycles. The standard InChI is InChI=1S/C12H15F2N3O2/c13-8-4-9(14)12(17(18)19)11(5-8)16-10-3-1-2-7(10)6-15/h4-5,7,10,16H,1-3,6,15H2. The van der Waals surface area contributed by atoms with Crippen LogP contribution in [0.5, 0.6) is 0 Å². The predicted octanol–water partition coefficient (Wildman–Crippen LogP) is 2.41. The summed E-state index contributed by atoms with van der Waals surface area (Å²) in [6, 6.07) is 1.38. The third-order valence-corrected chi connectivity index (χ3v) is 3.51. The van der Waals surface area contributed by atoms with Crippen LogP contribution in [0.15, 0.2) is 12.1 Å². The van der Waals surface area contributed by atoms with Gasteiger partial charge in [0.05, 0.1) is 4.92 Å². The lowest BCUT2D eigenvalue weighted by molar-refractivity contribution is -0.386. The fraction of sp³-hybridized carbons (Fsp3) is 0.500. The molecule has 19 heavy (non-hydrogen) atoms. The maximum atomic E-state index is 13.5. The molecular formula is C12H15F2N3O2. The molecule has 0 radical (unpaired) electrons. The Balaban J connectivity index is 2.31. The van der Waals surface area contributed by atoms with E-state index in [2.05, 4.69) is 5.32 Å². The summed E-state index contributed by atoms with van der Waals surface area (Å²) in [5.74, 6) is -1.84. The van der Waals surface area contributed by atoms with Gasteiger partial charge in [-0.15, -0.1) is 0 Å². The molecule has 7 heteroatoms. The first-order valence-electron chi connectivity index (χ1n) is 6.13. The quantitative estimate of drug-likeness (QED) is 0.651. The molecular weight excluding hydrogens is 256 g/mol. The molecule has 0 aliphatic heterocycles. The predicted molar refractivity (Wildman–Crippen MR) is 66.8 cm³/mol. The summed E-state index contributed by atoms with van der Waals surface area (Å²) >= 11 is 0. The molecule has 1 fully saturated rings. The van der Waals surface area contributed by atoms with E-state index in [1.54, 1.807) is 0 Å². The lowest BCUT2D eigenvalue weighted by atomic mass is 10.0. The zero-order valence-electron chi connectivity index (χ0n) is 10.2. The highest BCUT2D eigenvalue weighted by atomic mass is 19.1. The molecule has 1 aromatic carbocycles. The summed E-state index contributed by atoms with van der Waals surface area (Å²) < 4.78 is 26.7. The van der Waals surface area contributed by atoms with Gasteiger partial charge in [0.1, 0.15) is 11.5 Å². The number of nitro benzene ring substituents is 1. The van der Waals surface area contributed by atoms with Crippen molar-refractivity contribution in [1.82, 2.24) is 0 Å². The molecule has 1 saturated carbocycles. The van der Waals surface area contributed by atoms with Gasteiger partial charge in [-0.3, -0.25) is 10.1 Å². The van der Waals surface area contributed by atoms with Crippen molar-refractivity contribution >= 4 is 11.4 Å². The van der Waals surface area contributed by atoms with Crippen LogP contribution >= 0.6 is 0 Å². The van der Waals surface area contributed by atoms with Crippen molar-refractivity contribution in [3.8, 4) is 0 Å². The summed E-state index contributed by atoms with van der Waals surface area (Å²) in [6.45, 7) is 0.448. The molecule has 1 aliphatic rings. The van der Waals surface area contributed by atoms with Gasteiger partial charge in [0.25, 0.3) is 0 Å². The molecule has 0 aromatic heterocycles. The van der Waals surface area contributed by atoms with Crippen LogP contribution in [0.3, 0.4) is 0 Å². The first-order valence-corrected chi connectivity index (χ1v) is 6.13. The zero-order valence-corrected chi connectivity index (χ0v) is 10.2. The summed E-state index contributed by atoms with van der Waals surface area (Å²) in [5, 5.41) is 13.7. The van der Waals surface area contributed by atoms with Gasteiger partial charge in [-0.1, -0.05) is 6.42 Å². The summed E-state index contributed by atoms with van der Waals surface area (Å²) in [6.07, 6.45) is 2.65. The van der Waals surface area contributed by atoms with Crippen molar-refractivity contribution in [3.63, 3.8) is 0 Å². The molecule has 0 bridgehead atoms. The number of nitrogens with two attached hydrogens (primary N) is 1. The van der Waals surface area contributed by atoms with Gasteiger partial charge in [-0.2, -0.15) is 4.39 Å². The van der Waals surface area contributed by atoms with Gasteiger partial charge in [0.15, 0.2) is 0 Å². The maximum Gasteiger partial charge on any atom is 0.327 e. The number of anilines is 1. The highest BCUT2D eigenvalue weighted by molar-refractivity contribution is 5.62. The molecule has 5 nitrogen and oxygen atoms in total. The Bertz CT molecular complexity index is 496. The van der Waals surface area contributed by atoms with Crippen LogP contribution in [0.25, 0.3) is 0 Å². The van der Waals surface area contributed by atoms with Crippen molar-refractivity contribution in [2.45, 2.75) is 25.3 Å². The largest absolute Gasteiger partial charge is 0.376 e. The number of nitro groups is 1. The third kappa shape index (κ3) is 2.81. The van der Waals surface area contributed by atoms with E-state index in [1.165, 1.54) is 0 Å². The zero-order chi connectivity index (χ0) is 14.0. The van der Waals surface area contributed by atoms with Crippen LogP contribution in [0, 0.1) is 27.7 Å². The Labute approximate surface area is 108 Å². The average Bonchev–Trinajstić information content (AvgIpc) is 2.74. The van der Waals surface area contributed by atoms with Gasteiger partial charge >= 0.3 is 5.69 Å². The highest BCUT2D eigenvalue weighted by Crippen LogP contribution is 2.33. The normalized spacial score (nSPS) is 22.5. The van der Waals surface area contributed by atoms with Crippen LogP contribution in [0.1, 0.15) is 19.3 Å². The Morgan fingerprint density at radius 1 is 1.42 bits per heavy atom. The maximum absolute atomic E-state index is 13.5. The molecule has 3 N–H and O–H groups in total. The molecule has 2 rings (SSSR count). The van der Waals surface area contributed by atoms with Crippen molar-refractivity contribution in [2.75, 3.05) is 11.9 Å². The summed E-state index contributed by atoms with van der Waals surface area (Å²) in [7, 11) is 0. The molecule has 0 saturated heterocycles. The van der Waals surface area contributed by atoms with E-state index in [9.17, 15) is 18.9 Å². The molecule has 2 atom stereocenters. The Kier molecular flexibility index (Phi) is 3.94. The van der Waals surface area contributed by atoms with Crippen LogP contribution < -0.4 is 11.1 Å².